The fourth-order valence-electron chi connectivity index (χ4n) is 1.92. The first-order valence-electron chi connectivity index (χ1n) is 7.96. The minimum atomic E-state index is -0.633. The normalized spacial score (nSPS) is 11.2. The third kappa shape index (κ3) is 8.51. The van der Waals surface area contributed by atoms with Gasteiger partial charge in [0, 0.05) is 18.7 Å². The molecule has 1 rings (SSSR count). The molecule has 8 heteroatoms. The van der Waals surface area contributed by atoms with Gasteiger partial charge in [-0.1, -0.05) is 31.5 Å². The van der Waals surface area contributed by atoms with Crippen LogP contribution < -0.4 is 21.7 Å². The SMILES string of the molecule is Cc1cccc(C(=O)NCCNC(=O)CNC(=O)[C@@H](N)C(C)C)c1.Cl. The van der Waals surface area contributed by atoms with E-state index in [2.05, 4.69) is 16.0 Å². The van der Waals surface area contributed by atoms with Gasteiger partial charge in [-0.25, -0.2) is 0 Å². The quantitative estimate of drug-likeness (QED) is 0.495. The van der Waals surface area contributed by atoms with Crippen LogP contribution in [0.1, 0.15) is 29.8 Å². The summed E-state index contributed by atoms with van der Waals surface area (Å²) in [5.41, 5.74) is 7.26. The average Bonchev–Trinajstić information content (AvgIpc) is 2.55. The molecule has 1 atom stereocenters. The number of nitrogens with one attached hydrogen (secondary N) is 3. The Morgan fingerprint density at radius 3 is 2.32 bits per heavy atom. The molecule has 0 heterocycles. The number of hydrogen-bond donors (Lipinski definition) is 4. The van der Waals surface area contributed by atoms with E-state index < -0.39 is 6.04 Å². The second-order valence-electron chi connectivity index (χ2n) is 5.96. The first kappa shape index (κ1) is 22.9. The summed E-state index contributed by atoms with van der Waals surface area (Å²) >= 11 is 0. The van der Waals surface area contributed by atoms with Crippen molar-refractivity contribution >= 4 is 30.1 Å². The number of halogens is 1. The van der Waals surface area contributed by atoms with Crippen molar-refractivity contribution in [2.45, 2.75) is 26.8 Å². The molecule has 0 radical (unpaired) electrons. The van der Waals surface area contributed by atoms with Crippen molar-refractivity contribution in [3.63, 3.8) is 0 Å². The van der Waals surface area contributed by atoms with E-state index in [-0.39, 0.29) is 49.1 Å². The highest BCUT2D eigenvalue weighted by Crippen LogP contribution is 2.03. The van der Waals surface area contributed by atoms with Gasteiger partial charge in [0.1, 0.15) is 0 Å². The van der Waals surface area contributed by atoms with E-state index in [9.17, 15) is 14.4 Å². The smallest absolute Gasteiger partial charge is 0.251 e. The lowest BCUT2D eigenvalue weighted by Crippen LogP contribution is -2.47. The summed E-state index contributed by atoms with van der Waals surface area (Å²) in [4.78, 5) is 35.1. The Labute approximate surface area is 154 Å². The summed E-state index contributed by atoms with van der Waals surface area (Å²) in [7, 11) is 0. The Hall–Kier alpha value is -2.12. The third-order valence-corrected chi connectivity index (χ3v) is 3.46. The van der Waals surface area contributed by atoms with E-state index in [1.54, 1.807) is 12.1 Å². The molecule has 0 saturated heterocycles. The van der Waals surface area contributed by atoms with Gasteiger partial charge in [-0.05, 0) is 25.0 Å². The molecule has 0 aromatic heterocycles. The number of amides is 3. The van der Waals surface area contributed by atoms with Crippen molar-refractivity contribution in [3.05, 3.63) is 35.4 Å². The van der Waals surface area contributed by atoms with Crippen molar-refractivity contribution in [2.24, 2.45) is 11.7 Å². The molecule has 1 aromatic carbocycles. The van der Waals surface area contributed by atoms with Crippen LogP contribution in [-0.2, 0) is 9.59 Å². The molecule has 0 unspecified atom stereocenters. The zero-order chi connectivity index (χ0) is 18.1. The molecule has 0 bridgehead atoms. The van der Waals surface area contributed by atoms with Crippen molar-refractivity contribution in [1.82, 2.24) is 16.0 Å². The third-order valence-electron chi connectivity index (χ3n) is 3.46. The Balaban J connectivity index is 0.00000576. The Kier molecular flexibility index (Phi) is 10.5. The van der Waals surface area contributed by atoms with Crippen molar-refractivity contribution in [3.8, 4) is 0 Å². The molecule has 5 N–H and O–H groups in total. The zero-order valence-electron chi connectivity index (χ0n) is 14.8. The Bertz CT molecular complexity index is 593. The van der Waals surface area contributed by atoms with Crippen LogP contribution >= 0.6 is 12.4 Å². The summed E-state index contributed by atoms with van der Waals surface area (Å²) in [5, 5.41) is 7.82. The number of rotatable bonds is 8. The number of nitrogens with two attached hydrogens (primary N) is 1. The second kappa shape index (κ2) is 11.4. The summed E-state index contributed by atoms with van der Waals surface area (Å²) in [6.07, 6.45) is 0. The molecule has 0 spiro atoms. The van der Waals surface area contributed by atoms with E-state index in [0.29, 0.717) is 12.1 Å². The van der Waals surface area contributed by atoms with Crippen LogP contribution in [0.4, 0.5) is 0 Å². The summed E-state index contributed by atoms with van der Waals surface area (Å²) in [5.74, 6) is -0.869. The molecule has 25 heavy (non-hydrogen) atoms. The van der Waals surface area contributed by atoms with Gasteiger partial charge in [-0.3, -0.25) is 14.4 Å². The van der Waals surface area contributed by atoms with Crippen LogP contribution in [0.3, 0.4) is 0 Å². The van der Waals surface area contributed by atoms with Crippen molar-refractivity contribution in [2.75, 3.05) is 19.6 Å². The second-order valence-corrected chi connectivity index (χ2v) is 5.96. The Morgan fingerprint density at radius 1 is 1.08 bits per heavy atom. The predicted octanol–water partition coefficient (Wildman–Crippen LogP) is 0.362. The van der Waals surface area contributed by atoms with Crippen LogP contribution in [0.5, 0.6) is 0 Å². The zero-order valence-corrected chi connectivity index (χ0v) is 15.6. The molecule has 0 fully saturated rings. The highest BCUT2D eigenvalue weighted by atomic mass is 35.5. The number of hydrogen-bond acceptors (Lipinski definition) is 4. The first-order chi connectivity index (χ1) is 11.3. The lowest BCUT2D eigenvalue weighted by atomic mass is 10.1. The number of carbonyl (C=O) groups is 3. The van der Waals surface area contributed by atoms with Gasteiger partial charge in [0.05, 0.1) is 12.6 Å². The van der Waals surface area contributed by atoms with E-state index in [1.165, 1.54) is 0 Å². The molecular formula is C17H27ClN4O3. The van der Waals surface area contributed by atoms with E-state index in [4.69, 9.17) is 5.73 Å². The number of benzene rings is 1. The molecule has 3 amide bonds. The average molecular weight is 371 g/mol. The molecule has 0 aliphatic heterocycles. The van der Waals surface area contributed by atoms with Crippen LogP contribution in [0.2, 0.25) is 0 Å². The summed E-state index contributed by atoms with van der Waals surface area (Å²) in [6.45, 7) is 6.03. The fraction of sp³-hybridized carbons (Fsp3) is 0.471. The highest BCUT2D eigenvalue weighted by Gasteiger charge is 2.17. The molecule has 1 aromatic rings. The number of aryl methyl sites for hydroxylation is 1. The lowest BCUT2D eigenvalue weighted by molar-refractivity contribution is -0.127. The largest absolute Gasteiger partial charge is 0.353 e. The van der Waals surface area contributed by atoms with Gasteiger partial charge in [-0.2, -0.15) is 0 Å². The van der Waals surface area contributed by atoms with Crippen LogP contribution in [0.15, 0.2) is 24.3 Å². The molecule has 140 valence electrons. The molecule has 0 saturated carbocycles. The lowest BCUT2D eigenvalue weighted by Gasteiger charge is -2.15. The molecule has 7 nitrogen and oxygen atoms in total. The van der Waals surface area contributed by atoms with Crippen LogP contribution in [0, 0.1) is 12.8 Å². The van der Waals surface area contributed by atoms with Gasteiger partial charge in [0.2, 0.25) is 11.8 Å². The molecular weight excluding hydrogens is 344 g/mol. The number of carbonyl (C=O) groups excluding carboxylic acids is 3. The standard InChI is InChI=1S/C17H26N4O3.ClH/c1-11(2)15(18)17(24)21-10-14(22)19-7-8-20-16(23)13-6-4-5-12(3)9-13;/h4-6,9,11,15H,7-8,10,18H2,1-3H3,(H,19,22)(H,20,23)(H,21,24);1H/t15-;/m0./s1. The van der Waals surface area contributed by atoms with E-state index >= 15 is 0 Å². The molecule has 0 aliphatic rings. The first-order valence-corrected chi connectivity index (χ1v) is 7.96. The Morgan fingerprint density at radius 2 is 1.72 bits per heavy atom. The minimum absolute atomic E-state index is 0. The monoisotopic (exact) mass is 370 g/mol. The highest BCUT2D eigenvalue weighted by molar-refractivity contribution is 5.94. The van der Waals surface area contributed by atoms with Crippen molar-refractivity contribution in [1.29, 1.82) is 0 Å². The van der Waals surface area contributed by atoms with Gasteiger partial charge in [0.25, 0.3) is 5.91 Å². The van der Waals surface area contributed by atoms with Gasteiger partial charge >= 0.3 is 0 Å². The van der Waals surface area contributed by atoms with Crippen molar-refractivity contribution < 1.29 is 14.4 Å². The van der Waals surface area contributed by atoms with Crippen LogP contribution in [0.25, 0.3) is 0 Å². The fourth-order valence-corrected chi connectivity index (χ4v) is 1.92. The van der Waals surface area contributed by atoms with E-state index in [1.807, 2.05) is 32.9 Å². The van der Waals surface area contributed by atoms with E-state index in [0.717, 1.165) is 5.56 Å². The topological polar surface area (TPSA) is 113 Å². The maximum atomic E-state index is 11.9. The summed E-state index contributed by atoms with van der Waals surface area (Å²) < 4.78 is 0. The maximum Gasteiger partial charge on any atom is 0.251 e. The van der Waals surface area contributed by atoms with Gasteiger partial charge < -0.3 is 21.7 Å². The predicted molar refractivity (Wildman–Crippen MR) is 99.6 cm³/mol. The van der Waals surface area contributed by atoms with Crippen LogP contribution in [-0.4, -0.2) is 43.4 Å². The van der Waals surface area contributed by atoms with Gasteiger partial charge in [-0.15, -0.1) is 12.4 Å². The molecule has 0 aliphatic carbocycles. The van der Waals surface area contributed by atoms with Gasteiger partial charge in [0.15, 0.2) is 0 Å². The summed E-state index contributed by atoms with van der Waals surface area (Å²) in [6, 6.07) is 6.62. The maximum absolute atomic E-state index is 11.9. The minimum Gasteiger partial charge on any atom is -0.353 e.